The van der Waals surface area contributed by atoms with Gasteiger partial charge in [-0.2, -0.15) is 0 Å². The molecule has 0 aliphatic carbocycles. The van der Waals surface area contributed by atoms with Crippen LogP contribution >= 0.6 is 0 Å². The smallest absolute Gasteiger partial charge is 0.0486 e. The summed E-state index contributed by atoms with van der Waals surface area (Å²) in [6, 6.07) is 6.37. The Kier molecular flexibility index (Phi) is 3.13. The van der Waals surface area contributed by atoms with Gasteiger partial charge in [-0.15, -0.1) is 0 Å². The van der Waals surface area contributed by atoms with Crippen LogP contribution in [-0.4, -0.2) is 4.98 Å². The summed E-state index contributed by atoms with van der Waals surface area (Å²) in [5, 5.41) is 1.34. The summed E-state index contributed by atoms with van der Waals surface area (Å²) in [5.41, 5.74) is 3.91. The summed E-state index contributed by atoms with van der Waals surface area (Å²) in [6.07, 6.45) is 2.05. The zero-order chi connectivity index (χ0) is 9.84. The van der Waals surface area contributed by atoms with Crippen molar-refractivity contribution < 1.29 is 0 Å². The highest BCUT2D eigenvalue weighted by molar-refractivity contribution is 5.85. The number of hydrogen-bond donors (Lipinski definition) is 1. The molecule has 0 atom stereocenters. The third-order valence-electron chi connectivity index (χ3n) is 2.13. The van der Waals surface area contributed by atoms with Gasteiger partial charge in [-0.1, -0.05) is 32.0 Å². The van der Waals surface area contributed by atoms with Crippen LogP contribution in [0.1, 0.15) is 25.0 Å². The molecule has 1 nitrogen and oxygen atoms in total. The summed E-state index contributed by atoms with van der Waals surface area (Å²) in [6.45, 7) is 8.25. The second kappa shape index (κ2) is 4.13. The van der Waals surface area contributed by atoms with Crippen LogP contribution in [0.15, 0.2) is 24.4 Å². The van der Waals surface area contributed by atoms with Gasteiger partial charge >= 0.3 is 0 Å². The van der Waals surface area contributed by atoms with Crippen LogP contribution in [0.5, 0.6) is 0 Å². The van der Waals surface area contributed by atoms with Crippen LogP contribution in [0.4, 0.5) is 0 Å². The summed E-state index contributed by atoms with van der Waals surface area (Å²) in [4.78, 5) is 3.26. The predicted molar refractivity (Wildman–Crippen MR) is 59.1 cm³/mol. The number of hydrogen-bond acceptors (Lipinski definition) is 0. The molecule has 2 aromatic rings. The molecule has 2 rings (SSSR count). The number of benzene rings is 1. The lowest BCUT2D eigenvalue weighted by Crippen LogP contribution is -1.74. The summed E-state index contributed by atoms with van der Waals surface area (Å²) in [5.74, 6) is 0. The first-order chi connectivity index (χ1) is 6.29. The van der Waals surface area contributed by atoms with Crippen molar-refractivity contribution in [3.63, 3.8) is 0 Å². The Balaban J connectivity index is 0.000000396. The normalized spacial score (nSPS) is 9.54. The Labute approximate surface area is 79.8 Å². The van der Waals surface area contributed by atoms with Crippen molar-refractivity contribution in [3.05, 3.63) is 35.5 Å². The predicted octanol–water partition coefficient (Wildman–Crippen LogP) is 3.81. The van der Waals surface area contributed by atoms with Gasteiger partial charge in [0, 0.05) is 17.1 Å². The van der Waals surface area contributed by atoms with Crippen molar-refractivity contribution in [2.24, 2.45) is 0 Å². The Bertz CT molecular complexity index is 385. The van der Waals surface area contributed by atoms with Gasteiger partial charge in [0.1, 0.15) is 0 Å². The van der Waals surface area contributed by atoms with Crippen LogP contribution < -0.4 is 0 Å². The molecule has 1 heteroatoms. The zero-order valence-corrected chi connectivity index (χ0v) is 8.81. The van der Waals surface area contributed by atoms with Gasteiger partial charge < -0.3 is 4.98 Å². The quantitative estimate of drug-likeness (QED) is 0.626. The number of aromatic amines is 1. The van der Waals surface area contributed by atoms with Crippen LogP contribution in [0.25, 0.3) is 10.9 Å². The molecule has 0 spiro atoms. The molecule has 13 heavy (non-hydrogen) atoms. The number of aromatic nitrogens is 1. The van der Waals surface area contributed by atoms with Crippen molar-refractivity contribution in [2.45, 2.75) is 27.7 Å². The molecule has 0 aliphatic heterocycles. The molecule has 70 valence electrons. The molecule has 0 fully saturated rings. The molecule has 1 aromatic carbocycles. The van der Waals surface area contributed by atoms with Crippen molar-refractivity contribution in [3.8, 4) is 0 Å². The molecule has 0 bridgehead atoms. The van der Waals surface area contributed by atoms with E-state index in [4.69, 9.17) is 0 Å². The molecule has 0 aliphatic rings. The van der Waals surface area contributed by atoms with E-state index in [0.717, 1.165) is 0 Å². The maximum absolute atomic E-state index is 3.26. The minimum absolute atomic E-state index is 1.27. The van der Waals surface area contributed by atoms with E-state index >= 15 is 0 Å². The van der Waals surface area contributed by atoms with Gasteiger partial charge in [-0.3, -0.25) is 0 Å². The lowest BCUT2D eigenvalue weighted by Gasteiger charge is -1.94. The molecule has 0 unspecified atom stereocenters. The average Bonchev–Trinajstić information content (AvgIpc) is 2.53. The summed E-state index contributed by atoms with van der Waals surface area (Å²) < 4.78 is 0. The van der Waals surface area contributed by atoms with Gasteiger partial charge in [-0.25, -0.2) is 0 Å². The van der Waals surface area contributed by atoms with Gasteiger partial charge in [0.15, 0.2) is 0 Å². The Morgan fingerprint density at radius 2 is 1.69 bits per heavy atom. The molecule has 0 saturated heterocycles. The molecule has 1 N–H and O–H groups in total. The fourth-order valence-corrected chi connectivity index (χ4v) is 1.45. The second-order valence-corrected chi connectivity index (χ2v) is 2.97. The third kappa shape index (κ3) is 1.74. The number of para-hydroxylation sites is 1. The largest absolute Gasteiger partial charge is 0.361 e. The van der Waals surface area contributed by atoms with E-state index in [1.807, 2.05) is 13.8 Å². The molecule has 0 amide bonds. The van der Waals surface area contributed by atoms with E-state index in [1.54, 1.807) is 0 Å². The van der Waals surface area contributed by atoms with Crippen molar-refractivity contribution >= 4 is 10.9 Å². The van der Waals surface area contributed by atoms with Crippen LogP contribution in [-0.2, 0) is 0 Å². The van der Waals surface area contributed by atoms with Gasteiger partial charge in [0.05, 0.1) is 0 Å². The molecule has 1 aromatic heterocycles. The monoisotopic (exact) mass is 175 g/mol. The van der Waals surface area contributed by atoms with Gasteiger partial charge in [-0.05, 0) is 25.0 Å². The van der Waals surface area contributed by atoms with E-state index in [-0.39, 0.29) is 0 Å². The molecule has 0 saturated carbocycles. The summed E-state index contributed by atoms with van der Waals surface area (Å²) in [7, 11) is 0. The first kappa shape index (κ1) is 9.85. The lowest BCUT2D eigenvalue weighted by molar-refractivity contribution is 1.40. The summed E-state index contributed by atoms with van der Waals surface area (Å²) >= 11 is 0. The highest BCUT2D eigenvalue weighted by atomic mass is 14.7. The van der Waals surface area contributed by atoms with E-state index in [1.165, 1.54) is 22.0 Å². The van der Waals surface area contributed by atoms with Crippen LogP contribution in [0.2, 0.25) is 0 Å². The van der Waals surface area contributed by atoms with Gasteiger partial charge in [0.2, 0.25) is 0 Å². The van der Waals surface area contributed by atoms with E-state index in [2.05, 4.69) is 43.2 Å². The molecular formula is C12H17N. The van der Waals surface area contributed by atoms with E-state index in [9.17, 15) is 0 Å². The minimum Gasteiger partial charge on any atom is -0.361 e. The molecular weight excluding hydrogens is 158 g/mol. The second-order valence-electron chi connectivity index (χ2n) is 2.97. The van der Waals surface area contributed by atoms with Crippen LogP contribution in [0.3, 0.4) is 0 Å². The molecule has 0 radical (unpaired) electrons. The third-order valence-corrected chi connectivity index (χ3v) is 2.13. The standard InChI is InChI=1S/C10H11N.C2H6/c1-7-4-3-5-9-8(2)6-11-10(7)9;1-2/h3-6,11H,1-2H3;1-2H3. The Morgan fingerprint density at radius 3 is 2.31 bits per heavy atom. The Hall–Kier alpha value is -1.24. The number of fused-ring (bicyclic) bond motifs is 1. The maximum Gasteiger partial charge on any atom is 0.0486 e. The first-order valence-electron chi connectivity index (χ1n) is 4.82. The van der Waals surface area contributed by atoms with Crippen molar-refractivity contribution in [1.82, 2.24) is 4.98 Å². The van der Waals surface area contributed by atoms with Crippen molar-refractivity contribution in [1.29, 1.82) is 0 Å². The number of rotatable bonds is 0. The maximum atomic E-state index is 3.26. The average molecular weight is 175 g/mol. The topological polar surface area (TPSA) is 15.8 Å². The zero-order valence-electron chi connectivity index (χ0n) is 8.81. The highest BCUT2D eigenvalue weighted by Crippen LogP contribution is 2.19. The van der Waals surface area contributed by atoms with Gasteiger partial charge in [0.25, 0.3) is 0 Å². The number of aryl methyl sites for hydroxylation is 2. The molecule has 1 heterocycles. The Morgan fingerprint density at radius 1 is 1.00 bits per heavy atom. The fourth-order valence-electron chi connectivity index (χ4n) is 1.45. The van der Waals surface area contributed by atoms with E-state index in [0.29, 0.717) is 0 Å². The minimum atomic E-state index is 1.27. The highest BCUT2D eigenvalue weighted by Gasteiger charge is 1.99. The first-order valence-corrected chi connectivity index (χ1v) is 4.82. The number of nitrogens with one attached hydrogen (secondary N) is 1. The van der Waals surface area contributed by atoms with Crippen molar-refractivity contribution in [2.75, 3.05) is 0 Å². The van der Waals surface area contributed by atoms with Crippen LogP contribution in [0, 0.1) is 13.8 Å². The SMILES string of the molecule is CC.Cc1c[nH]c2c(C)cccc12. The fraction of sp³-hybridized carbons (Fsp3) is 0.333. The number of H-pyrrole nitrogens is 1. The lowest BCUT2D eigenvalue weighted by atomic mass is 10.1. The van der Waals surface area contributed by atoms with E-state index < -0.39 is 0 Å².